The third kappa shape index (κ3) is 3.13. The summed E-state index contributed by atoms with van der Waals surface area (Å²) in [6.07, 6.45) is 3.24. The number of hydrazine groups is 1. The van der Waals surface area contributed by atoms with Crippen molar-refractivity contribution in [3.8, 4) is 0 Å². The minimum Gasteiger partial charge on any atom is -0.392 e. The molecule has 2 rings (SSSR count). The zero-order valence-electron chi connectivity index (χ0n) is 11.0. The van der Waals surface area contributed by atoms with Gasteiger partial charge in [-0.1, -0.05) is 18.2 Å². The molecule has 19 heavy (non-hydrogen) atoms. The Morgan fingerprint density at radius 3 is 3.00 bits per heavy atom. The number of benzene rings is 1. The van der Waals surface area contributed by atoms with Crippen LogP contribution >= 0.6 is 0 Å². The fraction of sp³-hybridized carbons (Fsp3) is 0.357. The van der Waals surface area contributed by atoms with Crippen LogP contribution in [-0.4, -0.2) is 27.5 Å². The second-order valence-corrected chi connectivity index (χ2v) is 4.67. The lowest BCUT2D eigenvalue weighted by Gasteiger charge is -2.16. The average molecular weight is 261 g/mol. The molecule has 1 aliphatic rings. The van der Waals surface area contributed by atoms with E-state index in [1.54, 1.807) is 19.2 Å². The number of aliphatic hydroxyl groups is 1. The molecule has 1 heterocycles. The predicted molar refractivity (Wildman–Crippen MR) is 72.3 cm³/mol. The molecule has 0 fully saturated rings. The van der Waals surface area contributed by atoms with Crippen LogP contribution < -0.4 is 5.84 Å². The van der Waals surface area contributed by atoms with E-state index >= 15 is 0 Å². The van der Waals surface area contributed by atoms with E-state index in [9.17, 15) is 4.79 Å². The van der Waals surface area contributed by atoms with Gasteiger partial charge in [0.1, 0.15) is 0 Å². The van der Waals surface area contributed by atoms with Crippen LogP contribution in [0.1, 0.15) is 23.6 Å². The van der Waals surface area contributed by atoms with Crippen molar-refractivity contribution < 1.29 is 9.90 Å². The van der Waals surface area contributed by atoms with E-state index in [1.807, 2.05) is 23.1 Å². The van der Waals surface area contributed by atoms with E-state index < -0.39 is 0 Å². The first-order chi connectivity index (χ1) is 9.11. The summed E-state index contributed by atoms with van der Waals surface area (Å²) < 4.78 is 0. The molecule has 0 aliphatic carbocycles. The van der Waals surface area contributed by atoms with E-state index in [1.165, 1.54) is 16.1 Å². The Morgan fingerprint density at radius 1 is 1.53 bits per heavy atom. The fourth-order valence-electron chi connectivity index (χ4n) is 2.29. The van der Waals surface area contributed by atoms with Gasteiger partial charge in [0.2, 0.25) is 5.91 Å². The third-order valence-electron chi connectivity index (χ3n) is 3.28. The zero-order valence-corrected chi connectivity index (χ0v) is 11.0. The number of nitrogens with two attached hydrogens (primary N) is 1. The number of rotatable bonds is 4. The molecule has 0 aromatic heterocycles. The Hall–Kier alpha value is -1.85. The fourth-order valence-corrected chi connectivity index (χ4v) is 2.29. The highest BCUT2D eigenvalue weighted by atomic mass is 16.2. The minimum absolute atomic E-state index is 0.0291. The van der Waals surface area contributed by atoms with Crippen molar-refractivity contribution >= 4 is 5.91 Å². The van der Waals surface area contributed by atoms with Gasteiger partial charge in [0.25, 0.3) is 0 Å². The second kappa shape index (κ2) is 5.86. The highest BCUT2D eigenvalue weighted by Gasteiger charge is 2.23. The maximum Gasteiger partial charge on any atom is 0.220 e. The van der Waals surface area contributed by atoms with E-state index in [0.717, 1.165) is 5.56 Å². The highest BCUT2D eigenvalue weighted by Crippen LogP contribution is 2.26. The van der Waals surface area contributed by atoms with Crippen LogP contribution in [0.2, 0.25) is 0 Å². The molecule has 0 bridgehead atoms. The Balaban J connectivity index is 2.15. The van der Waals surface area contributed by atoms with Crippen molar-refractivity contribution in [2.24, 2.45) is 5.84 Å². The van der Waals surface area contributed by atoms with Gasteiger partial charge < -0.3 is 15.0 Å². The Labute approximate surface area is 112 Å². The Bertz CT molecular complexity index is 499. The van der Waals surface area contributed by atoms with Crippen molar-refractivity contribution in [2.45, 2.75) is 26.6 Å². The highest BCUT2D eigenvalue weighted by molar-refractivity contribution is 5.74. The van der Waals surface area contributed by atoms with Crippen LogP contribution in [0, 0.1) is 0 Å². The standard InChI is InChI=1S/C14H19N3O2/c1-11(19)16-8-12-4-2-5-13(14(12)10-16)9-17(15)6-3-7-18/h2-6,18H,7-10,15H2,1H3/b6-3+. The van der Waals surface area contributed by atoms with Crippen LogP contribution in [-0.2, 0) is 24.4 Å². The number of carbonyl (C=O) groups excluding carboxylic acids is 1. The van der Waals surface area contributed by atoms with E-state index in [-0.39, 0.29) is 12.5 Å². The normalized spacial score (nSPS) is 13.9. The van der Waals surface area contributed by atoms with Crippen LogP contribution in [0.4, 0.5) is 0 Å². The minimum atomic E-state index is -0.0291. The summed E-state index contributed by atoms with van der Waals surface area (Å²) in [7, 11) is 0. The van der Waals surface area contributed by atoms with E-state index in [4.69, 9.17) is 10.9 Å². The maximum absolute atomic E-state index is 11.4. The molecular weight excluding hydrogens is 242 g/mol. The van der Waals surface area contributed by atoms with Gasteiger partial charge in [-0.3, -0.25) is 4.79 Å². The number of hydrogen-bond acceptors (Lipinski definition) is 4. The Kier molecular flexibility index (Phi) is 4.19. The molecule has 1 aromatic rings. The van der Waals surface area contributed by atoms with Gasteiger partial charge >= 0.3 is 0 Å². The van der Waals surface area contributed by atoms with E-state index in [2.05, 4.69) is 0 Å². The number of nitrogens with zero attached hydrogens (tertiary/aromatic N) is 2. The lowest BCUT2D eigenvalue weighted by molar-refractivity contribution is -0.129. The third-order valence-corrected chi connectivity index (χ3v) is 3.28. The van der Waals surface area contributed by atoms with Crippen molar-refractivity contribution in [3.63, 3.8) is 0 Å². The molecule has 102 valence electrons. The van der Waals surface area contributed by atoms with Crippen LogP contribution in [0.3, 0.4) is 0 Å². The average Bonchev–Trinajstić information content (AvgIpc) is 2.81. The summed E-state index contributed by atoms with van der Waals surface area (Å²) in [5.41, 5.74) is 3.49. The first-order valence-electron chi connectivity index (χ1n) is 6.26. The lowest BCUT2D eigenvalue weighted by atomic mass is 10.0. The van der Waals surface area contributed by atoms with Gasteiger partial charge in [0.15, 0.2) is 0 Å². The van der Waals surface area contributed by atoms with Crippen LogP contribution in [0.5, 0.6) is 0 Å². The molecule has 0 saturated carbocycles. The second-order valence-electron chi connectivity index (χ2n) is 4.67. The number of hydrogen-bond donors (Lipinski definition) is 2. The molecule has 0 atom stereocenters. The molecule has 0 saturated heterocycles. The smallest absolute Gasteiger partial charge is 0.220 e. The number of amides is 1. The largest absolute Gasteiger partial charge is 0.392 e. The van der Waals surface area contributed by atoms with Crippen molar-refractivity contribution in [3.05, 3.63) is 47.2 Å². The summed E-state index contributed by atoms with van der Waals surface area (Å²) in [5, 5.41) is 10.2. The molecule has 5 nitrogen and oxygen atoms in total. The van der Waals surface area contributed by atoms with Gasteiger partial charge in [-0.05, 0) is 22.8 Å². The quantitative estimate of drug-likeness (QED) is 0.619. The van der Waals surface area contributed by atoms with Gasteiger partial charge in [0.05, 0.1) is 13.2 Å². The first kappa shape index (κ1) is 13.6. The molecule has 0 unspecified atom stereocenters. The molecule has 1 amide bonds. The SMILES string of the molecule is CC(=O)N1Cc2cccc(CN(N)/C=C/CO)c2C1. The van der Waals surface area contributed by atoms with Crippen molar-refractivity contribution in [1.82, 2.24) is 9.91 Å². The van der Waals surface area contributed by atoms with E-state index in [0.29, 0.717) is 19.6 Å². The number of aliphatic hydroxyl groups excluding tert-OH is 1. The summed E-state index contributed by atoms with van der Waals surface area (Å²) >= 11 is 0. The topological polar surface area (TPSA) is 69.8 Å². The zero-order chi connectivity index (χ0) is 13.8. The molecule has 5 heteroatoms. The van der Waals surface area contributed by atoms with Gasteiger partial charge in [-0.2, -0.15) is 0 Å². The van der Waals surface area contributed by atoms with Gasteiger partial charge in [0, 0.05) is 26.2 Å². The lowest BCUT2D eigenvalue weighted by Crippen LogP contribution is -2.25. The molecular formula is C14H19N3O2. The molecule has 0 radical (unpaired) electrons. The number of fused-ring (bicyclic) bond motifs is 1. The van der Waals surface area contributed by atoms with Gasteiger partial charge in [-0.25, -0.2) is 5.84 Å². The monoisotopic (exact) mass is 261 g/mol. The predicted octanol–water partition coefficient (Wildman–Crippen LogP) is 0.730. The summed E-state index contributed by atoms with van der Waals surface area (Å²) in [4.78, 5) is 13.3. The summed E-state index contributed by atoms with van der Waals surface area (Å²) in [5.74, 6) is 5.92. The van der Waals surface area contributed by atoms with Crippen molar-refractivity contribution in [1.29, 1.82) is 0 Å². The molecule has 1 aromatic carbocycles. The van der Waals surface area contributed by atoms with Crippen LogP contribution in [0.25, 0.3) is 0 Å². The number of carbonyl (C=O) groups is 1. The van der Waals surface area contributed by atoms with Crippen molar-refractivity contribution in [2.75, 3.05) is 6.61 Å². The molecule has 3 N–H and O–H groups in total. The van der Waals surface area contributed by atoms with Crippen LogP contribution in [0.15, 0.2) is 30.5 Å². The summed E-state index contributed by atoms with van der Waals surface area (Å²) in [6, 6.07) is 6.06. The first-order valence-corrected chi connectivity index (χ1v) is 6.26. The molecule has 0 spiro atoms. The summed E-state index contributed by atoms with van der Waals surface area (Å²) in [6.45, 7) is 3.45. The molecule has 1 aliphatic heterocycles. The Morgan fingerprint density at radius 2 is 2.32 bits per heavy atom. The van der Waals surface area contributed by atoms with Gasteiger partial charge in [-0.15, -0.1) is 0 Å². The maximum atomic E-state index is 11.4.